The third-order valence-corrected chi connectivity index (χ3v) is 3.06. The van der Waals surface area contributed by atoms with Crippen molar-refractivity contribution in [3.63, 3.8) is 0 Å². The van der Waals surface area contributed by atoms with Crippen molar-refractivity contribution in [2.24, 2.45) is 4.99 Å². The first-order valence-corrected chi connectivity index (χ1v) is 6.03. The van der Waals surface area contributed by atoms with Crippen molar-refractivity contribution in [1.82, 2.24) is 0 Å². The highest BCUT2D eigenvalue weighted by atomic mass is 35.5. The summed E-state index contributed by atoms with van der Waals surface area (Å²) in [5.41, 5.74) is -0.351. The van der Waals surface area contributed by atoms with Crippen LogP contribution in [0.4, 0.5) is 27.6 Å². The van der Waals surface area contributed by atoms with Gasteiger partial charge in [0.1, 0.15) is 0 Å². The number of hydrogen-bond acceptors (Lipinski definition) is 1. The number of hydrogen-bond donors (Lipinski definition) is 0. The zero-order chi connectivity index (χ0) is 15.7. The molecule has 0 aliphatic carbocycles. The van der Waals surface area contributed by atoms with E-state index in [1.807, 2.05) is 0 Å². The number of aliphatic imine (C=N–C) groups is 1. The van der Waals surface area contributed by atoms with Crippen LogP contribution in [0.3, 0.4) is 0 Å². The smallest absolute Gasteiger partial charge is 0.200 e. The zero-order valence-electron chi connectivity index (χ0n) is 10.5. The molecule has 0 radical (unpaired) electrons. The summed E-state index contributed by atoms with van der Waals surface area (Å²) >= 11 is 5.85. The maximum atomic E-state index is 13.5. The lowest BCUT2D eigenvalue weighted by molar-refractivity contribution is 0.377. The molecule has 0 saturated heterocycles. The van der Waals surface area contributed by atoms with Crippen LogP contribution in [-0.2, 0) is 0 Å². The normalized spacial score (nSPS) is 11.4. The Morgan fingerprint density at radius 1 is 0.905 bits per heavy atom. The van der Waals surface area contributed by atoms with Crippen molar-refractivity contribution in [1.29, 1.82) is 0 Å². The maximum absolute atomic E-state index is 13.5. The number of halogens is 6. The number of nitrogens with zero attached hydrogens (tertiary/aromatic N) is 1. The van der Waals surface area contributed by atoms with Gasteiger partial charge in [-0.25, -0.2) is 22.0 Å². The molecule has 0 bridgehead atoms. The highest BCUT2D eigenvalue weighted by molar-refractivity contribution is 6.33. The van der Waals surface area contributed by atoms with Crippen LogP contribution in [0.1, 0.15) is 11.1 Å². The van der Waals surface area contributed by atoms with Crippen molar-refractivity contribution in [3.05, 3.63) is 63.4 Å². The minimum Gasteiger partial charge on any atom is -0.254 e. The molecule has 0 unspecified atom stereocenters. The van der Waals surface area contributed by atoms with Crippen LogP contribution in [0.5, 0.6) is 0 Å². The van der Waals surface area contributed by atoms with Gasteiger partial charge in [0.2, 0.25) is 5.82 Å². The van der Waals surface area contributed by atoms with Crippen LogP contribution in [0.15, 0.2) is 23.2 Å². The fourth-order valence-corrected chi connectivity index (χ4v) is 1.92. The van der Waals surface area contributed by atoms with Gasteiger partial charge in [-0.1, -0.05) is 23.7 Å². The van der Waals surface area contributed by atoms with E-state index in [1.165, 1.54) is 6.07 Å². The van der Waals surface area contributed by atoms with Crippen LogP contribution >= 0.6 is 11.6 Å². The van der Waals surface area contributed by atoms with Crippen LogP contribution in [0.2, 0.25) is 5.02 Å². The second kappa shape index (κ2) is 5.81. The lowest BCUT2D eigenvalue weighted by atomic mass is 10.1. The predicted molar refractivity (Wildman–Crippen MR) is 69.7 cm³/mol. The fraction of sp³-hybridized carbons (Fsp3) is 0.0714. The Morgan fingerprint density at radius 2 is 1.43 bits per heavy atom. The highest BCUT2D eigenvalue weighted by Gasteiger charge is 2.24. The lowest BCUT2D eigenvalue weighted by Gasteiger charge is -2.05. The molecule has 0 aliphatic heterocycles. The van der Waals surface area contributed by atoms with Gasteiger partial charge in [0.05, 0.1) is 16.3 Å². The van der Waals surface area contributed by atoms with E-state index in [2.05, 4.69) is 4.99 Å². The van der Waals surface area contributed by atoms with Crippen molar-refractivity contribution in [2.75, 3.05) is 0 Å². The Bertz CT molecular complexity index is 693. The zero-order valence-corrected chi connectivity index (χ0v) is 11.3. The summed E-state index contributed by atoms with van der Waals surface area (Å²) in [7, 11) is 0. The van der Waals surface area contributed by atoms with Gasteiger partial charge in [0.15, 0.2) is 23.3 Å². The molecule has 0 N–H and O–H groups in total. The third kappa shape index (κ3) is 2.76. The summed E-state index contributed by atoms with van der Waals surface area (Å²) in [5.74, 6) is -10.1. The Labute approximate surface area is 121 Å². The number of benzene rings is 2. The van der Waals surface area contributed by atoms with E-state index in [9.17, 15) is 22.0 Å². The molecule has 0 saturated carbocycles. The largest absolute Gasteiger partial charge is 0.254 e. The SMILES string of the molecule is Cc1cccc(Cl)c1N=Cc1c(F)c(F)c(F)c(F)c1F. The van der Waals surface area contributed by atoms with Crippen LogP contribution in [-0.4, -0.2) is 6.21 Å². The van der Waals surface area contributed by atoms with Crippen LogP contribution < -0.4 is 0 Å². The van der Waals surface area contributed by atoms with Gasteiger partial charge in [0.25, 0.3) is 0 Å². The molecule has 21 heavy (non-hydrogen) atoms. The van der Waals surface area contributed by atoms with Gasteiger partial charge in [-0.05, 0) is 18.6 Å². The molecule has 0 spiro atoms. The second-order valence-corrected chi connectivity index (χ2v) is 4.55. The molecule has 0 heterocycles. The molecule has 1 nitrogen and oxygen atoms in total. The predicted octanol–water partition coefficient (Wildman–Crippen LogP) is 5.09. The standard InChI is InChI=1S/C14H7ClF5N/c1-6-3-2-4-8(15)14(6)21-5-7-9(16)11(18)13(20)12(19)10(7)17/h2-5H,1H3. The van der Waals surface area contributed by atoms with Gasteiger partial charge in [-0.2, -0.15) is 0 Å². The van der Waals surface area contributed by atoms with E-state index in [4.69, 9.17) is 11.6 Å². The Kier molecular flexibility index (Phi) is 4.27. The quantitative estimate of drug-likeness (QED) is 0.316. The van der Waals surface area contributed by atoms with Gasteiger partial charge in [-0.3, -0.25) is 4.99 Å². The molecular weight excluding hydrogens is 313 g/mol. The third-order valence-electron chi connectivity index (χ3n) is 2.76. The van der Waals surface area contributed by atoms with Crippen molar-refractivity contribution in [2.45, 2.75) is 6.92 Å². The summed E-state index contributed by atoms with van der Waals surface area (Å²) < 4.78 is 65.9. The Balaban J connectivity index is 2.57. The van der Waals surface area contributed by atoms with Gasteiger partial charge in [-0.15, -0.1) is 0 Å². The molecule has 2 aromatic rings. The van der Waals surface area contributed by atoms with Crippen molar-refractivity contribution in [3.8, 4) is 0 Å². The first-order chi connectivity index (χ1) is 9.84. The fourth-order valence-electron chi connectivity index (χ4n) is 1.65. The van der Waals surface area contributed by atoms with E-state index in [0.717, 1.165) is 0 Å². The van der Waals surface area contributed by atoms with E-state index >= 15 is 0 Å². The van der Waals surface area contributed by atoms with Gasteiger partial charge >= 0.3 is 0 Å². The Hall–Kier alpha value is -1.95. The van der Waals surface area contributed by atoms with Crippen LogP contribution in [0, 0.1) is 36.0 Å². The maximum Gasteiger partial charge on any atom is 0.200 e. The van der Waals surface area contributed by atoms with Gasteiger partial charge < -0.3 is 0 Å². The lowest BCUT2D eigenvalue weighted by Crippen LogP contribution is -2.06. The van der Waals surface area contributed by atoms with E-state index in [1.54, 1.807) is 19.1 Å². The second-order valence-electron chi connectivity index (χ2n) is 4.15. The average Bonchev–Trinajstić information content (AvgIpc) is 2.45. The molecule has 0 atom stereocenters. The molecule has 0 amide bonds. The molecule has 2 rings (SSSR count). The number of aryl methyl sites for hydroxylation is 1. The molecule has 7 heteroatoms. The topological polar surface area (TPSA) is 12.4 Å². The van der Waals surface area contributed by atoms with Crippen molar-refractivity contribution < 1.29 is 22.0 Å². The van der Waals surface area contributed by atoms with Crippen molar-refractivity contribution >= 4 is 23.5 Å². The van der Waals surface area contributed by atoms with E-state index in [0.29, 0.717) is 11.8 Å². The minimum atomic E-state index is -2.21. The molecule has 0 aromatic heterocycles. The monoisotopic (exact) mass is 319 g/mol. The summed E-state index contributed by atoms with van der Waals surface area (Å²) in [6.45, 7) is 1.64. The summed E-state index contributed by atoms with van der Waals surface area (Å²) in [6.07, 6.45) is 0.560. The summed E-state index contributed by atoms with van der Waals surface area (Å²) in [4.78, 5) is 3.72. The molecular formula is C14H7ClF5N. The summed E-state index contributed by atoms with van der Waals surface area (Å²) in [6, 6.07) is 4.76. The van der Waals surface area contributed by atoms with E-state index < -0.39 is 34.6 Å². The number of para-hydroxylation sites is 1. The highest BCUT2D eigenvalue weighted by Crippen LogP contribution is 2.29. The molecule has 0 aliphatic rings. The Morgan fingerprint density at radius 3 is 1.95 bits per heavy atom. The first-order valence-electron chi connectivity index (χ1n) is 5.65. The number of rotatable bonds is 2. The van der Waals surface area contributed by atoms with Crippen LogP contribution in [0.25, 0.3) is 0 Å². The molecule has 110 valence electrons. The average molecular weight is 320 g/mol. The van der Waals surface area contributed by atoms with Gasteiger partial charge in [0, 0.05) is 6.21 Å². The van der Waals surface area contributed by atoms with E-state index in [-0.39, 0.29) is 10.7 Å². The first kappa shape index (κ1) is 15.4. The summed E-state index contributed by atoms with van der Waals surface area (Å²) in [5, 5.41) is 0.190. The molecule has 0 fully saturated rings. The minimum absolute atomic E-state index is 0.183. The molecule has 2 aromatic carbocycles.